The number of anilines is 1. The number of sulfone groups is 1. The van der Waals surface area contributed by atoms with Crippen molar-refractivity contribution in [3.63, 3.8) is 0 Å². The van der Waals surface area contributed by atoms with Gasteiger partial charge in [-0.2, -0.15) is 0 Å². The van der Waals surface area contributed by atoms with Crippen LogP contribution in [-0.4, -0.2) is 55.4 Å². The topological polar surface area (TPSA) is 57.7 Å². The number of amides is 1. The molecule has 2 aliphatic heterocycles. The van der Waals surface area contributed by atoms with Crippen LogP contribution >= 0.6 is 0 Å². The van der Waals surface area contributed by atoms with Gasteiger partial charge in [-0.1, -0.05) is 18.9 Å². The summed E-state index contributed by atoms with van der Waals surface area (Å²) in [5.41, 5.74) is 3.04. The molecule has 6 heteroatoms. The molecule has 2 atom stereocenters. The summed E-state index contributed by atoms with van der Waals surface area (Å²) in [4.78, 5) is 17.0. The molecule has 0 unspecified atom stereocenters. The standard InChI is InChI=1S/C19H26N2O3S/c1-13-7-14(2)9-16(8-13)21-18-12-25(23,24)11-17(18)20(10-19(21)22)15-5-3-4-6-15/h7-9,15,17-18H,3-6,10-12H2,1-2H3/t17-,18+/m0/s1. The maximum absolute atomic E-state index is 13.0. The smallest absolute Gasteiger partial charge is 0.241 e. The lowest BCUT2D eigenvalue weighted by atomic mass is 9.99. The van der Waals surface area contributed by atoms with Gasteiger partial charge in [0.15, 0.2) is 9.84 Å². The molecule has 0 spiro atoms. The normalized spacial score (nSPS) is 30.0. The van der Waals surface area contributed by atoms with Gasteiger partial charge in [-0.3, -0.25) is 9.69 Å². The van der Waals surface area contributed by atoms with Crippen LogP contribution in [0.4, 0.5) is 5.69 Å². The summed E-state index contributed by atoms with van der Waals surface area (Å²) in [6, 6.07) is 6.12. The van der Waals surface area contributed by atoms with Gasteiger partial charge in [-0.25, -0.2) is 8.42 Å². The molecule has 1 saturated carbocycles. The van der Waals surface area contributed by atoms with Crippen LogP contribution in [-0.2, 0) is 14.6 Å². The minimum absolute atomic E-state index is 0.0373. The molecule has 1 amide bonds. The van der Waals surface area contributed by atoms with Crippen molar-refractivity contribution in [1.29, 1.82) is 0 Å². The Kier molecular flexibility index (Phi) is 4.15. The van der Waals surface area contributed by atoms with E-state index >= 15 is 0 Å². The van der Waals surface area contributed by atoms with Crippen molar-refractivity contribution in [1.82, 2.24) is 4.90 Å². The van der Waals surface area contributed by atoms with E-state index in [9.17, 15) is 13.2 Å². The third-order valence-electron chi connectivity index (χ3n) is 5.92. The first-order valence-corrected chi connectivity index (χ1v) is 11.0. The quantitative estimate of drug-likeness (QED) is 0.808. The number of carbonyl (C=O) groups is 1. The molecular weight excluding hydrogens is 336 g/mol. The first-order valence-electron chi connectivity index (χ1n) is 9.20. The second-order valence-corrected chi connectivity index (χ2v) is 10.1. The van der Waals surface area contributed by atoms with Crippen LogP contribution in [0.1, 0.15) is 36.8 Å². The lowest BCUT2D eigenvalue weighted by molar-refractivity contribution is -0.124. The average Bonchev–Trinajstić information content (AvgIpc) is 3.11. The van der Waals surface area contributed by atoms with Crippen molar-refractivity contribution < 1.29 is 13.2 Å². The summed E-state index contributed by atoms with van der Waals surface area (Å²) in [6.07, 6.45) is 4.53. The average molecular weight is 362 g/mol. The van der Waals surface area contributed by atoms with Gasteiger partial charge < -0.3 is 4.90 Å². The Morgan fingerprint density at radius 2 is 1.56 bits per heavy atom. The van der Waals surface area contributed by atoms with Crippen LogP contribution in [0.2, 0.25) is 0 Å². The van der Waals surface area contributed by atoms with Gasteiger partial charge >= 0.3 is 0 Å². The van der Waals surface area contributed by atoms with Crippen LogP contribution in [0.5, 0.6) is 0 Å². The number of carbonyl (C=O) groups excluding carboxylic acids is 1. The van der Waals surface area contributed by atoms with E-state index in [1.54, 1.807) is 4.90 Å². The molecule has 0 bridgehead atoms. The Hall–Kier alpha value is -1.40. The minimum Gasteiger partial charge on any atom is -0.306 e. The minimum atomic E-state index is -3.11. The maximum Gasteiger partial charge on any atom is 0.241 e. The van der Waals surface area contributed by atoms with E-state index in [1.807, 2.05) is 26.0 Å². The van der Waals surface area contributed by atoms with Crippen molar-refractivity contribution in [2.75, 3.05) is 23.0 Å². The summed E-state index contributed by atoms with van der Waals surface area (Å²) in [7, 11) is -3.11. The van der Waals surface area contributed by atoms with E-state index in [2.05, 4.69) is 11.0 Å². The van der Waals surface area contributed by atoms with Crippen molar-refractivity contribution in [3.05, 3.63) is 29.3 Å². The molecule has 25 heavy (non-hydrogen) atoms. The molecular formula is C19H26N2O3S. The van der Waals surface area contributed by atoms with Crippen LogP contribution < -0.4 is 4.90 Å². The largest absolute Gasteiger partial charge is 0.306 e. The van der Waals surface area contributed by atoms with E-state index in [1.165, 1.54) is 12.8 Å². The number of fused-ring (bicyclic) bond motifs is 1. The first kappa shape index (κ1) is 17.0. The monoisotopic (exact) mass is 362 g/mol. The number of nitrogens with zero attached hydrogens (tertiary/aromatic N) is 2. The third kappa shape index (κ3) is 3.10. The van der Waals surface area contributed by atoms with Crippen LogP contribution in [0.25, 0.3) is 0 Å². The third-order valence-corrected chi connectivity index (χ3v) is 7.61. The summed E-state index contributed by atoms with van der Waals surface area (Å²) >= 11 is 0. The molecule has 0 N–H and O–H groups in total. The molecule has 2 saturated heterocycles. The highest BCUT2D eigenvalue weighted by atomic mass is 32.2. The SMILES string of the molecule is Cc1cc(C)cc(N2C(=O)CN(C3CCCC3)[C@H]3CS(=O)(=O)C[C@H]32)c1. The number of piperazine rings is 1. The van der Waals surface area contributed by atoms with Gasteiger partial charge in [0.1, 0.15) is 0 Å². The number of hydrogen-bond acceptors (Lipinski definition) is 4. The van der Waals surface area contributed by atoms with Crippen molar-refractivity contribution in [2.45, 2.75) is 57.7 Å². The zero-order valence-corrected chi connectivity index (χ0v) is 15.8. The van der Waals surface area contributed by atoms with Crippen LogP contribution in [0, 0.1) is 13.8 Å². The highest BCUT2D eigenvalue weighted by Gasteiger charge is 2.51. The Bertz CT molecular complexity index is 779. The molecule has 4 rings (SSSR count). The fourth-order valence-electron chi connectivity index (χ4n) is 4.97. The van der Waals surface area contributed by atoms with Crippen molar-refractivity contribution in [3.8, 4) is 0 Å². The Morgan fingerprint density at radius 1 is 0.960 bits per heavy atom. The van der Waals surface area contributed by atoms with Gasteiger partial charge in [-0.05, 0) is 49.9 Å². The zero-order chi connectivity index (χ0) is 17.8. The van der Waals surface area contributed by atoms with E-state index < -0.39 is 9.84 Å². The summed E-state index contributed by atoms with van der Waals surface area (Å²) in [5.74, 6) is 0.303. The molecule has 1 aliphatic carbocycles. The molecule has 1 aromatic carbocycles. The van der Waals surface area contributed by atoms with E-state index in [4.69, 9.17) is 0 Å². The summed E-state index contributed by atoms with van der Waals surface area (Å²) in [5, 5.41) is 0. The first-order chi connectivity index (χ1) is 11.8. The molecule has 136 valence electrons. The molecule has 3 fully saturated rings. The van der Waals surface area contributed by atoms with E-state index in [0.717, 1.165) is 29.7 Å². The number of rotatable bonds is 2. The molecule has 5 nitrogen and oxygen atoms in total. The van der Waals surface area contributed by atoms with Crippen molar-refractivity contribution >= 4 is 21.4 Å². The fraction of sp³-hybridized carbons (Fsp3) is 0.632. The van der Waals surface area contributed by atoms with E-state index in [-0.39, 0.29) is 29.5 Å². The van der Waals surface area contributed by atoms with Crippen LogP contribution in [0.3, 0.4) is 0 Å². The molecule has 2 heterocycles. The van der Waals surface area contributed by atoms with Gasteiger partial charge in [0.05, 0.1) is 24.1 Å². The molecule has 1 aromatic rings. The highest BCUT2D eigenvalue weighted by molar-refractivity contribution is 7.91. The lowest BCUT2D eigenvalue weighted by Gasteiger charge is -2.46. The second kappa shape index (κ2) is 6.09. The zero-order valence-electron chi connectivity index (χ0n) is 14.9. The number of hydrogen-bond donors (Lipinski definition) is 0. The fourth-order valence-corrected chi connectivity index (χ4v) is 6.93. The van der Waals surface area contributed by atoms with Gasteiger partial charge in [-0.15, -0.1) is 0 Å². The predicted octanol–water partition coefficient (Wildman–Crippen LogP) is 2.06. The predicted molar refractivity (Wildman–Crippen MR) is 98.6 cm³/mol. The Balaban J connectivity index is 1.73. The van der Waals surface area contributed by atoms with Crippen LogP contribution in [0.15, 0.2) is 18.2 Å². The molecule has 3 aliphatic rings. The summed E-state index contributed by atoms with van der Waals surface area (Å²) < 4.78 is 24.8. The second-order valence-electron chi connectivity index (χ2n) is 7.93. The van der Waals surface area contributed by atoms with Gasteiger partial charge in [0, 0.05) is 17.8 Å². The Labute approximate surface area is 149 Å². The molecule has 0 aromatic heterocycles. The highest BCUT2D eigenvalue weighted by Crippen LogP contribution is 2.36. The molecule has 0 radical (unpaired) electrons. The number of aryl methyl sites for hydroxylation is 2. The maximum atomic E-state index is 13.0. The summed E-state index contributed by atoms with van der Waals surface area (Å²) in [6.45, 7) is 4.37. The van der Waals surface area contributed by atoms with E-state index in [0.29, 0.717) is 12.6 Å². The Morgan fingerprint density at radius 3 is 2.20 bits per heavy atom. The number of benzene rings is 1. The van der Waals surface area contributed by atoms with Crippen molar-refractivity contribution in [2.24, 2.45) is 0 Å². The van der Waals surface area contributed by atoms with Gasteiger partial charge in [0.25, 0.3) is 0 Å². The van der Waals surface area contributed by atoms with Gasteiger partial charge in [0.2, 0.25) is 5.91 Å². The lowest BCUT2D eigenvalue weighted by Crippen LogP contribution is -2.64.